The normalized spacial score (nSPS) is 15.2. The average Bonchev–Trinajstić information content (AvgIpc) is 2.68. The summed E-state index contributed by atoms with van der Waals surface area (Å²) in [6.07, 6.45) is 1.78. The van der Waals surface area contributed by atoms with Crippen molar-refractivity contribution in [1.82, 2.24) is 9.80 Å². The monoisotopic (exact) mass is 358 g/mol. The molecule has 0 radical (unpaired) electrons. The smallest absolute Gasteiger partial charge is 0.222 e. The number of hydrogen-bond donors (Lipinski definition) is 0. The molecule has 0 aromatic heterocycles. The lowest BCUT2D eigenvalue weighted by Gasteiger charge is -2.34. The van der Waals surface area contributed by atoms with Crippen LogP contribution in [0.2, 0.25) is 0 Å². The molecule has 0 atom stereocenters. The van der Waals surface area contributed by atoms with Gasteiger partial charge in [0.25, 0.3) is 0 Å². The number of benzene rings is 2. The molecule has 3 nitrogen and oxygen atoms in total. The number of rotatable bonds is 6. The van der Waals surface area contributed by atoms with Crippen LogP contribution in [0.15, 0.2) is 48.5 Å². The van der Waals surface area contributed by atoms with E-state index in [1.807, 2.05) is 11.0 Å². The fourth-order valence-corrected chi connectivity index (χ4v) is 3.26. The van der Waals surface area contributed by atoms with Crippen LogP contribution in [0.5, 0.6) is 0 Å². The van der Waals surface area contributed by atoms with Crippen LogP contribution in [-0.4, -0.2) is 48.4 Å². The maximum absolute atomic E-state index is 13.2. The largest absolute Gasteiger partial charge is 0.340 e. The first-order chi connectivity index (χ1) is 12.6. The molecule has 0 bridgehead atoms. The summed E-state index contributed by atoms with van der Waals surface area (Å²) in [4.78, 5) is 16.6. The van der Waals surface area contributed by atoms with Crippen molar-refractivity contribution < 1.29 is 13.6 Å². The maximum atomic E-state index is 13.2. The molecule has 0 saturated carbocycles. The predicted octanol–water partition coefficient (Wildman–Crippen LogP) is 3.28. The standard InChI is InChI=1S/C21H24F2N2O/c22-19-8-6-18(16-20(19)23)7-9-21(26)25-14-12-24(13-15-25)11-10-17-4-2-1-3-5-17/h1-6,8,16H,7,9-15H2. The summed E-state index contributed by atoms with van der Waals surface area (Å²) in [5.74, 6) is -1.63. The Kier molecular flexibility index (Phi) is 6.34. The third kappa shape index (κ3) is 5.11. The summed E-state index contributed by atoms with van der Waals surface area (Å²) >= 11 is 0. The molecular formula is C21H24F2N2O. The zero-order valence-electron chi connectivity index (χ0n) is 14.8. The predicted molar refractivity (Wildman–Crippen MR) is 97.8 cm³/mol. The van der Waals surface area contributed by atoms with Gasteiger partial charge in [-0.3, -0.25) is 9.69 Å². The highest BCUT2D eigenvalue weighted by molar-refractivity contribution is 5.76. The maximum Gasteiger partial charge on any atom is 0.222 e. The van der Waals surface area contributed by atoms with E-state index in [0.29, 0.717) is 18.4 Å². The van der Waals surface area contributed by atoms with Crippen molar-refractivity contribution >= 4 is 5.91 Å². The van der Waals surface area contributed by atoms with Crippen molar-refractivity contribution in [2.45, 2.75) is 19.3 Å². The Hall–Kier alpha value is -2.27. The fourth-order valence-electron chi connectivity index (χ4n) is 3.26. The number of carbonyl (C=O) groups excluding carboxylic acids is 1. The van der Waals surface area contributed by atoms with Crippen molar-refractivity contribution in [3.63, 3.8) is 0 Å². The molecule has 5 heteroatoms. The van der Waals surface area contributed by atoms with E-state index in [1.54, 1.807) is 0 Å². The van der Waals surface area contributed by atoms with Gasteiger partial charge in [-0.2, -0.15) is 0 Å². The zero-order valence-corrected chi connectivity index (χ0v) is 14.8. The molecule has 1 heterocycles. The highest BCUT2D eigenvalue weighted by atomic mass is 19.2. The van der Waals surface area contributed by atoms with E-state index in [4.69, 9.17) is 0 Å². The van der Waals surface area contributed by atoms with Crippen LogP contribution in [0.1, 0.15) is 17.5 Å². The van der Waals surface area contributed by atoms with Gasteiger partial charge in [-0.15, -0.1) is 0 Å². The molecule has 0 N–H and O–H groups in total. The minimum absolute atomic E-state index is 0.0810. The Bertz CT molecular complexity index is 728. The fraction of sp³-hybridized carbons (Fsp3) is 0.381. The van der Waals surface area contributed by atoms with Crippen LogP contribution in [0.4, 0.5) is 8.78 Å². The highest BCUT2D eigenvalue weighted by Crippen LogP contribution is 2.12. The van der Waals surface area contributed by atoms with E-state index < -0.39 is 11.6 Å². The Morgan fingerprint density at radius 1 is 0.846 bits per heavy atom. The van der Waals surface area contributed by atoms with Crippen molar-refractivity contribution in [2.24, 2.45) is 0 Å². The van der Waals surface area contributed by atoms with Crippen molar-refractivity contribution in [3.8, 4) is 0 Å². The van der Waals surface area contributed by atoms with Crippen molar-refractivity contribution in [3.05, 3.63) is 71.3 Å². The number of aryl methyl sites for hydroxylation is 1. The van der Waals surface area contributed by atoms with Gasteiger partial charge in [-0.25, -0.2) is 8.78 Å². The summed E-state index contributed by atoms with van der Waals surface area (Å²) in [5.41, 5.74) is 1.98. The molecular weight excluding hydrogens is 334 g/mol. The highest BCUT2D eigenvalue weighted by Gasteiger charge is 2.20. The molecule has 2 aromatic rings. The van der Waals surface area contributed by atoms with E-state index >= 15 is 0 Å². The molecule has 0 spiro atoms. The van der Waals surface area contributed by atoms with Crippen molar-refractivity contribution in [1.29, 1.82) is 0 Å². The van der Waals surface area contributed by atoms with Crippen LogP contribution in [0, 0.1) is 11.6 Å². The molecule has 1 saturated heterocycles. The van der Waals surface area contributed by atoms with Gasteiger partial charge in [0.05, 0.1) is 0 Å². The molecule has 0 unspecified atom stereocenters. The van der Waals surface area contributed by atoms with Gasteiger partial charge in [0.2, 0.25) is 5.91 Å². The number of carbonyl (C=O) groups is 1. The van der Waals surface area contributed by atoms with E-state index in [1.165, 1.54) is 17.7 Å². The summed E-state index contributed by atoms with van der Waals surface area (Å²) in [5, 5.41) is 0. The summed E-state index contributed by atoms with van der Waals surface area (Å²) in [6.45, 7) is 4.21. The second kappa shape index (κ2) is 8.90. The molecule has 1 amide bonds. The lowest BCUT2D eigenvalue weighted by atomic mass is 10.1. The van der Waals surface area contributed by atoms with Crippen LogP contribution < -0.4 is 0 Å². The number of amides is 1. The number of hydrogen-bond acceptors (Lipinski definition) is 2. The summed E-state index contributed by atoms with van der Waals surface area (Å²) < 4.78 is 26.2. The summed E-state index contributed by atoms with van der Waals surface area (Å²) in [7, 11) is 0. The SMILES string of the molecule is O=C(CCc1ccc(F)c(F)c1)N1CCN(CCc2ccccc2)CC1. The van der Waals surface area contributed by atoms with Gasteiger partial charge >= 0.3 is 0 Å². The first-order valence-corrected chi connectivity index (χ1v) is 9.10. The number of halogens is 2. The molecule has 2 aromatic carbocycles. The van der Waals surface area contributed by atoms with Crippen LogP contribution in [-0.2, 0) is 17.6 Å². The van der Waals surface area contributed by atoms with Gasteiger partial charge in [0.15, 0.2) is 11.6 Å². The quantitative estimate of drug-likeness (QED) is 0.791. The topological polar surface area (TPSA) is 23.6 Å². The second-order valence-electron chi connectivity index (χ2n) is 6.71. The molecule has 3 rings (SSSR count). The van der Waals surface area contributed by atoms with Gasteiger partial charge < -0.3 is 4.90 Å². The van der Waals surface area contributed by atoms with Crippen molar-refractivity contribution in [2.75, 3.05) is 32.7 Å². The Morgan fingerprint density at radius 2 is 1.58 bits per heavy atom. The molecule has 1 aliphatic rings. The van der Waals surface area contributed by atoms with E-state index in [9.17, 15) is 13.6 Å². The minimum Gasteiger partial charge on any atom is -0.340 e. The third-order valence-corrected chi connectivity index (χ3v) is 4.90. The lowest BCUT2D eigenvalue weighted by molar-refractivity contribution is -0.132. The second-order valence-corrected chi connectivity index (χ2v) is 6.71. The van der Waals surface area contributed by atoms with Gasteiger partial charge in [-0.05, 0) is 36.1 Å². The van der Waals surface area contributed by atoms with E-state index in [0.717, 1.165) is 45.2 Å². The Morgan fingerprint density at radius 3 is 2.27 bits per heavy atom. The first kappa shape index (κ1) is 18.5. The van der Waals surface area contributed by atoms with Gasteiger partial charge in [0, 0.05) is 39.1 Å². The Labute approximate surface area is 153 Å². The molecule has 26 heavy (non-hydrogen) atoms. The molecule has 138 valence electrons. The molecule has 0 aliphatic carbocycles. The molecule has 1 aliphatic heterocycles. The first-order valence-electron chi connectivity index (χ1n) is 9.10. The zero-order chi connectivity index (χ0) is 18.4. The summed E-state index contributed by atoms with van der Waals surface area (Å²) in [6, 6.07) is 14.2. The van der Waals surface area contributed by atoms with Gasteiger partial charge in [-0.1, -0.05) is 36.4 Å². The average molecular weight is 358 g/mol. The van der Waals surface area contributed by atoms with Crippen LogP contribution in [0.3, 0.4) is 0 Å². The lowest BCUT2D eigenvalue weighted by Crippen LogP contribution is -2.49. The third-order valence-electron chi connectivity index (χ3n) is 4.90. The molecule has 1 fully saturated rings. The number of piperazine rings is 1. The number of nitrogens with zero attached hydrogens (tertiary/aromatic N) is 2. The van der Waals surface area contributed by atoms with Crippen LogP contribution >= 0.6 is 0 Å². The van der Waals surface area contributed by atoms with Crippen LogP contribution in [0.25, 0.3) is 0 Å². The van der Waals surface area contributed by atoms with E-state index in [2.05, 4.69) is 29.2 Å². The van der Waals surface area contributed by atoms with E-state index in [-0.39, 0.29) is 5.91 Å². The van der Waals surface area contributed by atoms with Gasteiger partial charge in [0.1, 0.15) is 0 Å². The minimum atomic E-state index is -0.859. The Balaban J connectivity index is 1.39.